The van der Waals surface area contributed by atoms with Crippen LogP contribution in [0.25, 0.3) is 0 Å². The molecular formula is C17H18FNO2. The molecule has 0 saturated heterocycles. The van der Waals surface area contributed by atoms with Gasteiger partial charge in [-0.15, -0.1) is 0 Å². The SMILES string of the molecule is COC(=O)c1cc(NC(C)c2ccc(C)cc2)ccc1F. The van der Waals surface area contributed by atoms with Gasteiger partial charge in [0.05, 0.1) is 12.7 Å². The smallest absolute Gasteiger partial charge is 0.340 e. The van der Waals surface area contributed by atoms with E-state index < -0.39 is 11.8 Å². The number of esters is 1. The van der Waals surface area contributed by atoms with E-state index >= 15 is 0 Å². The van der Waals surface area contributed by atoms with Crippen LogP contribution in [0.2, 0.25) is 0 Å². The summed E-state index contributed by atoms with van der Waals surface area (Å²) in [5, 5.41) is 3.25. The monoisotopic (exact) mass is 287 g/mol. The molecule has 0 aromatic heterocycles. The van der Waals surface area contributed by atoms with Crippen LogP contribution < -0.4 is 5.32 Å². The van der Waals surface area contributed by atoms with Crippen molar-refractivity contribution < 1.29 is 13.9 Å². The van der Waals surface area contributed by atoms with Gasteiger partial charge < -0.3 is 10.1 Å². The van der Waals surface area contributed by atoms with Crippen molar-refractivity contribution in [2.24, 2.45) is 0 Å². The third-order valence-electron chi connectivity index (χ3n) is 3.33. The molecule has 0 bridgehead atoms. The van der Waals surface area contributed by atoms with Gasteiger partial charge in [0.15, 0.2) is 0 Å². The molecule has 0 saturated carbocycles. The number of halogens is 1. The number of hydrogen-bond acceptors (Lipinski definition) is 3. The van der Waals surface area contributed by atoms with E-state index in [9.17, 15) is 9.18 Å². The highest BCUT2D eigenvalue weighted by atomic mass is 19.1. The van der Waals surface area contributed by atoms with E-state index in [4.69, 9.17) is 0 Å². The minimum absolute atomic E-state index is 0.0431. The summed E-state index contributed by atoms with van der Waals surface area (Å²) in [4.78, 5) is 11.5. The van der Waals surface area contributed by atoms with E-state index in [0.29, 0.717) is 5.69 Å². The number of aryl methyl sites for hydroxylation is 1. The molecule has 2 rings (SSSR count). The minimum atomic E-state index is -0.681. The average Bonchev–Trinajstić information content (AvgIpc) is 2.49. The Kier molecular flexibility index (Phi) is 4.58. The number of rotatable bonds is 4. The Labute approximate surface area is 123 Å². The van der Waals surface area contributed by atoms with Crippen LogP contribution in [-0.4, -0.2) is 13.1 Å². The second-order valence-electron chi connectivity index (χ2n) is 4.96. The first kappa shape index (κ1) is 15.0. The van der Waals surface area contributed by atoms with Crippen LogP contribution in [0.15, 0.2) is 42.5 Å². The lowest BCUT2D eigenvalue weighted by Crippen LogP contribution is -2.09. The van der Waals surface area contributed by atoms with Crippen LogP contribution >= 0.6 is 0 Å². The molecule has 2 aromatic carbocycles. The molecule has 0 heterocycles. The van der Waals surface area contributed by atoms with Crippen molar-refractivity contribution >= 4 is 11.7 Å². The molecule has 1 atom stereocenters. The van der Waals surface area contributed by atoms with Crippen molar-refractivity contribution in [1.82, 2.24) is 0 Å². The fourth-order valence-electron chi connectivity index (χ4n) is 2.07. The zero-order chi connectivity index (χ0) is 15.4. The molecule has 110 valence electrons. The Morgan fingerprint density at radius 2 is 1.86 bits per heavy atom. The van der Waals surface area contributed by atoms with Crippen molar-refractivity contribution in [2.75, 3.05) is 12.4 Å². The Morgan fingerprint density at radius 3 is 2.48 bits per heavy atom. The van der Waals surface area contributed by atoms with Gasteiger partial charge in [-0.2, -0.15) is 0 Å². The molecule has 0 fully saturated rings. The molecule has 0 spiro atoms. The van der Waals surface area contributed by atoms with Gasteiger partial charge in [0.1, 0.15) is 5.82 Å². The first-order chi connectivity index (χ1) is 10.0. The molecule has 0 aliphatic heterocycles. The third-order valence-corrected chi connectivity index (χ3v) is 3.33. The first-order valence-corrected chi connectivity index (χ1v) is 6.72. The summed E-state index contributed by atoms with van der Waals surface area (Å²) in [5.41, 5.74) is 2.91. The maximum Gasteiger partial charge on any atom is 0.340 e. The number of carbonyl (C=O) groups excluding carboxylic acids is 1. The fraction of sp³-hybridized carbons (Fsp3) is 0.235. The van der Waals surface area contributed by atoms with E-state index in [2.05, 4.69) is 10.1 Å². The molecule has 1 unspecified atom stereocenters. The minimum Gasteiger partial charge on any atom is -0.465 e. The van der Waals surface area contributed by atoms with Crippen LogP contribution in [0, 0.1) is 12.7 Å². The van der Waals surface area contributed by atoms with Crippen molar-refractivity contribution in [2.45, 2.75) is 19.9 Å². The Balaban J connectivity index is 2.19. The maximum absolute atomic E-state index is 13.6. The zero-order valence-corrected chi connectivity index (χ0v) is 12.3. The lowest BCUT2D eigenvalue weighted by molar-refractivity contribution is 0.0595. The van der Waals surface area contributed by atoms with Gasteiger partial charge in [0.2, 0.25) is 0 Å². The predicted molar refractivity (Wildman–Crippen MR) is 81.0 cm³/mol. The van der Waals surface area contributed by atoms with Crippen LogP contribution in [0.1, 0.15) is 34.5 Å². The van der Waals surface area contributed by atoms with Crippen molar-refractivity contribution in [3.8, 4) is 0 Å². The standard InChI is InChI=1S/C17H18FNO2/c1-11-4-6-13(7-5-11)12(2)19-14-8-9-16(18)15(10-14)17(20)21-3/h4-10,12,19H,1-3H3. The molecule has 21 heavy (non-hydrogen) atoms. The Bertz CT molecular complexity index is 638. The van der Waals surface area contributed by atoms with E-state index in [1.807, 2.05) is 38.1 Å². The molecule has 4 heteroatoms. The molecule has 0 aliphatic carbocycles. The normalized spacial score (nSPS) is 11.8. The average molecular weight is 287 g/mol. The summed E-state index contributed by atoms with van der Waals surface area (Å²) in [5.74, 6) is -1.27. The molecule has 0 amide bonds. The molecule has 2 aromatic rings. The Hall–Kier alpha value is -2.36. The van der Waals surface area contributed by atoms with Gasteiger partial charge in [-0.1, -0.05) is 29.8 Å². The topological polar surface area (TPSA) is 38.3 Å². The fourth-order valence-corrected chi connectivity index (χ4v) is 2.07. The largest absolute Gasteiger partial charge is 0.465 e. The van der Waals surface area contributed by atoms with Gasteiger partial charge in [-0.3, -0.25) is 0 Å². The van der Waals surface area contributed by atoms with E-state index in [1.54, 1.807) is 6.07 Å². The van der Waals surface area contributed by atoms with Crippen LogP contribution in [0.5, 0.6) is 0 Å². The highest BCUT2D eigenvalue weighted by Crippen LogP contribution is 2.22. The summed E-state index contributed by atoms with van der Waals surface area (Å²) in [6, 6.07) is 12.5. The second-order valence-corrected chi connectivity index (χ2v) is 4.96. The van der Waals surface area contributed by atoms with Crippen molar-refractivity contribution in [3.63, 3.8) is 0 Å². The summed E-state index contributed by atoms with van der Waals surface area (Å²) in [6.07, 6.45) is 0. The number of methoxy groups -OCH3 is 1. The van der Waals surface area contributed by atoms with Crippen LogP contribution in [0.4, 0.5) is 10.1 Å². The van der Waals surface area contributed by atoms with Gasteiger partial charge in [0.25, 0.3) is 0 Å². The number of ether oxygens (including phenoxy) is 1. The number of benzene rings is 2. The van der Waals surface area contributed by atoms with E-state index in [1.165, 1.54) is 24.8 Å². The summed E-state index contributed by atoms with van der Waals surface area (Å²) >= 11 is 0. The van der Waals surface area contributed by atoms with Crippen molar-refractivity contribution in [3.05, 3.63) is 65.0 Å². The predicted octanol–water partition coefficient (Wildman–Crippen LogP) is 4.09. The van der Waals surface area contributed by atoms with Crippen LogP contribution in [-0.2, 0) is 4.74 Å². The molecule has 3 nitrogen and oxygen atoms in total. The van der Waals surface area contributed by atoms with Gasteiger partial charge in [0, 0.05) is 11.7 Å². The molecule has 0 radical (unpaired) electrons. The van der Waals surface area contributed by atoms with Crippen LogP contribution in [0.3, 0.4) is 0 Å². The molecule has 1 N–H and O–H groups in total. The third kappa shape index (κ3) is 3.60. The molecular weight excluding hydrogens is 269 g/mol. The lowest BCUT2D eigenvalue weighted by Gasteiger charge is -2.16. The highest BCUT2D eigenvalue weighted by molar-refractivity contribution is 5.90. The quantitative estimate of drug-likeness (QED) is 0.861. The van der Waals surface area contributed by atoms with Gasteiger partial charge in [-0.05, 0) is 37.6 Å². The summed E-state index contributed by atoms with van der Waals surface area (Å²) < 4.78 is 18.2. The summed E-state index contributed by atoms with van der Waals surface area (Å²) in [7, 11) is 1.23. The Morgan fingerprint density at radius 1 is 1.19 bits per heavy atom. The molecule has 0 aliphatic rings. The van der Waals surface area contributed by atoms with Gasteiger partial charge in [-0.25, -0.2) is 9.18 Å². The van der Waals surface area contributed by atoms with Crippen molar-refractivity contribution in [1.29, 1.82) is 0 Å². The second kappa shape index (κ2) is 6.39. The highest BCUT2D eigenvalue weighted by Gasteiger charge is 2.13. The first-order valence-electron chi connectivity index (χ1n) is 6.72. The van der Waals surface area contributed by atoms with E-state index in [0.717, 1.165) is 5.56 Å². The van der Waals surface area contributed by atoms with E-state index in [-0.39, 0.29) is 11.6 Å². The van der Waals surface area contributed by atoms with Gasteiger partial charge >= 0.3 is 5.97 Å². The number of nitrogens with one attached hydrogen (secondary N) is 1. The number of anilines is 1. The maximum atomic E-state index is 13.6. The number of hydrogen-bond donors (Lipinski definition) is 1. The summed E-state index contributed by atoms with van der Waals surface area (Å²) in [6.45, 7) is 4.04. The zero-order valence-electron chi connectivity index (χ0n) is 12.3. The number of carbonyl (C=O) groups is 1. The lowest BCUT2D eigenvalue weighted by atomic mass is 10.1.